The molecule has 0 saturated heterocycles. The van der Waals surface area contributed by atoms with Gasteiger partial charge >= 0.3 is 12.6 Å². The van der Waals surface area contributed by atoms with Gasteiger partial charge in [-0.25, -0.2) is 9.79 Å². The Morgan fingerprint density at radius 3 is 2.41 bits per heavy atom. The molecule has 140 valence electrons. The summed E-state index contributed by atoms with van der Waals surface area (Å²) in [6.07, 6.45) is 1.49. The van der Waals surface area contributed by atoms with E-state index in [0.29, 0.717) is 11.1 Å². The number of halogens is 2. The molecule has 1 aliphatic heterocycles. The lowest BCUT2D eigenvalue weighted by molar-refractivity contribution is -0.129. The van der Waals surface area contributed by atoms with Gasteiger partial charge in [0.25, 0.3) is 0 Å². The highest BCUT2D eigenvalue weighted by Crippen LogP contribution is 2.31. The zero-order valence-electron chi connectivity index (χ0n) is 15.0. The van der Waals surface area contributed by atoms with Gasteiger partial charge in [0.15, 0.2) is 17.2 Å². The van der Waals surface area contributed by atoms with Gasteiger partial charge in [0.05, 0.1) is 7.11 Å². The molecule has 0 N–H and O–H groups in total. The smallest absolute Gasteiger partial charge is 0.387 e. The normalized spacial score (nSPS) is 15.1. The molecular weight excluding hydrogens is 356 g/mol. The fraction of sp³-hybridized carbons (Fsp3) is 0.200. The molecule has 2 aromatic carbocycles. The van der Waals surface area contributed by atoms with Gasteiger partial charge in [-0.15, -0.1) is 0 Å². The molecule has 3 rings (SSSR count). The van der Waals surface area contributed by atoms with Crippen LogP contribution in [0.2, 0.25) is 0 Å². The fourth-order valence-electron chi connectivity index (χ4n) is 2.76. The number of carbonyl (C=O) groups is 1. The number of benzene rings is 2. The standard InChI is InChI=1S/C20H17F2NO4/c1-11-6-12(2)8-14(7-11)18-23-15(19(24)27-18)9-13-4-5-16(26-20(21)22)17(10-13)25-3/h4-10,20H,1-3H3/b15-9+. The van der Waals surface area contributed by atoms with Crippen LogP contribution in [0.4, 0.5) is 8.78 Å². The number of hydrogen-bond acceptors (Lipinski definition) is 5. The van der Waals surface area contributed by atoms with E-state index in [1.54, 1.807) is 0 Å². The predicted molar refractivity (Wildman–Crippen MR) is 96.1 cm³/mol. The number of cyclic esters (lactones) is 1. The van der Waals surface area contributed by atoms with E-state index in [1.165, 1.54) is 31.4 Å². The monoisotopic (exact) mass is 373 g/mol. The molecule has 0 fully saturated rings. The van der Waals surface area contributed by atoms with Crippen molar-refractivity contribution in [3.05, 3.63) is 64.3 Å². The van der Waals surface area contributed by atoms with Crippen molar-refractivity contribution < 1.29 is 27.8 Å². The van der Waals surface area contributed by atoms with Gasteiger partial charge < -0.3 is 14.2 Å². The molecule has 5 nitrogen and oxygen atoms in total. The van der Waals surface area contributed by atoms with E-state index in [9.17, 15) is 13.6 Å². The van der Waals surface area contributed by atoms with Crippen molar-refractivity contribution in [2.45, 2.75) is 20.5 Å². The molecule has 7 heteroatoms. The minimum Gasteiger partial charge on any atom is -0.493 e. The quantitative estimate of drug-likeness (QED) is 0.581. The van der Waals surface area contributed by atoms with Crippen molar-refractivity contribution in [1.29, 1.82) is 0 Å². The highest BCUT2D eigenvalue weighted by molar-refractivity contribution is 6.13. The van der Waals surface area contributed by atoms with Crippen LogP contribution in [0.1, 0.15) is 22.3 Å². The van der Waals surface area contributed by atoms with Gasteiger partial charge in [0.1, 0.15) is 0 Å². The molecule has 0 aliphatic carbocycles. The first-order valence-corrected chi connectivity index (χ1v) is 8.10. The molecule has 1 aliphatic rings. The van der Waals surface area contributed by atoms with Crippen LogP contribution >= 0.6 is 0 Å². The van der Waals surface area contributed by atoms with Crippen LogP contribution in [0, 0.1) is 13.8 Å². The van der Waals surface area contributed by atoms with Gasteiger partial charge in [0, 0.05) is 5.56 Å². The van der Waals surface area contributed by atoms with Gasteiger partial charge in [-0.05, 0) is 49.8 Å². The second-order valence-electron chi connectivity index (χ2n) is 6.00. The third-order valence-electron chi connectivity index (χ3n) is 3.80. The number of alkyl halides is 2. The van der Waals surface area contributed by atoms with E-state index < -0.39 is 12.6 Å². The lowest BCUT2D eigenvalue weighted by Gasteiger charge is -2.10. The fourth-order valence-corrected chi connectivity index (χ4v) is 2.76. The maximum atomic E-state index is 12.4. The lowest BCUT2D eigenvalue weighted by atomic mass is 10.1. The Bertz CT molecular complexity index is 931. The number of nitrogens with zero attached hydrogens (tertiary/aromatic N) is 1. The first-order valence-electron chi connectivity index (χ1n) is 8.10. The molecule has 0 bridgehead atoms. The summed E-state index contributed by atoms with van der Waals surface area (Å²) in [5.74, 6) is -0.337. The predicted octanol–water partition coefficient (Wildman–Crippen LogP) is 4.26. The lowest BCUT2D eigenvalue weighted by Crippen LogP contribution is -2.06. The zero-order valence-corrected chi connectivity index (χ0v) is 15.0. The largest absolute Gasteiger partial charge is 0.493 e. The van der Waals surface area contributed by atoms with Crippen LogP contribution < -0.4 is 9.47 Å². The first kappa shape index (κ1) is 18.6. The highest BCUT2D eigenvalue weighted by atomic mass is 19.3. The summed E-state index contributed by atoms with van der Waals surface area (Å²) in [5, 5.41) is 0. The maximum Gasteiger partial charge on any atom is 0.387 e. The molecule has 0 unspecified atom stereocenters. The number of aryl methyl sites for hydroxylation is 2. The summed E-state index contributed by atoms with van der Waals surface area (Å²) >= 11 is 0. The average Bonchev–Trinajstić information content (AvgIpc) is 2.95. The minimum absolute atomic E-state index is 0.0944. The van der Waals surface area contributed by atoms with Crippen LogP contribution in [0.15, 0.2) is 47.1 Å². The van der Waals surface area contributed by atoms with E-state index in [4.69, 9.17) is 9.47 Å². The van der Waals surface area contributed by atoms with Crippen molar-refractivity contribution in [3.63, 3.8) is 0 Å². The third-order valence-corrected chi connectivity index (χ3v) is 3.80. The van der Waals surface area contributed by atoms with E-state index in [2.05, 4.69) is 9.73 Å². The van der Waals surface area contributed by atoms with Gasteiger partial charge in [-0.2, -0.15) is 8.78 Å². The maximum absolute atomic E-state index is 12.4. The van der Waals surface area contributed by atoms with Crippen molar-refractivity contribution >= 4 is 17.9 Å². The van der Waals surface area contributed by atoms with Crippen molar-refractivity contribution in [2.75, 3.05) is 7.11 Å². The number of ether oxygens (including phenoxy) is 3. The topological polar surface area (TPSA) is 57.1 Å². The number of rotatable bonds is 5. The minimum atomic E-state index is -2.96. The summed E-state index contributed by atoms with van der Waals surface area (Å²) in [4.78, 5) is 16.4. The van der Waals surface area contributed by atoms with E-state index in [1.807, 2.05) is 32.0 Å². The third kappa shape index (κ3) is 4.31. The average molecular weight is 373 g/mol. The van der Waals surface area contributed by atoms with Gasteiger partial charge in [-0.1, -0.05) is 23.3 Å². The number of aliphatic imine (C=N–C) groups is 1. The molecule has 1 heterocycles. The second-order valence-corrected chi connectivity index (χ2v) is 6.00. The van der Waals surface area contributed by atoms with Crippen molar-refractivity contribution in [1.82, 2.24) is 0 Å². The molecule has 0 spiro atoms. The molecule has 0 amide bonds. The van der Waals surface area contributed by atoms with Gasteiger partial charge in [0.2, 0.25) is 5.90 Å². The van der Waals surface area contributed by atoms with E-state index in [0.717, 1.165) is 11.1 Å². The Kier molecular flexibility index (Phi) is 5.21. The Morgan fingerprint density at radius 1 is 1.07 bits per heavy atom. The van der Waals surface area contributed by atoms with Gasteiger partial charge in [-0.3, -0.25) is 0 Å². The number of esters is 1. The second kappa shape index (κ2) is 7.57. The molecule has 27 heavy (non-hydrogen) atoms. The van der Waals surface area contributed by atoms with Crippen LogP contribution in [-0.4, -0.2) is 25.6 Å². The van der Waals surface area contributed by atoms with Crippen LogP contribution in [0.25, 0.3) is 6.08 Å². The van der Waals surface area contributed by atoms with E-state index >= 15 is 0 Å². The number of carbonyl (C=O) groups excluding carboxylic acids is 1. The van der Waals surface area contributed by atoms with Crippen molar-refractivity contribution in [3.8, 4) is 11.5 Å². The Morgan fingerprint density at radius 2 is 1.78 bits per heavy atom. The zero-order chi connectivity index (χ0) is 19.6. The summed E-state index contributed by atoms with van der Waals surface area (Å²) in [7, 11) is 1.34. The molecule has 0 radical (unpaired) electrons. The number of methoxy groups -OCH3 is 1. The first-order chi connectivity index (χ1) is 12.9. The van der Waals surface area contributed by atoms with Crippen LogP contribution in [0.3, 0.4) is 0 Å². The molecular formula is C20H17F2NO4. The van der Waals surface area contributed by atoms with Crippen LogP contribution in [-0.2, 0) is 9.53 Å². The van der Waals surface area contributed by atoms with Crippen LogP contribution in [0.5, 0.6) is 11.5 Å². The summed E-state index contributed by atoms with van der Waals surface area (Å²) < 4.78 is 39.5. The molecule has 0 atom stereocenters. The Hall–Kier alpha value is -3.22. The summed E-state index contributed by atoms with van der Waals surface area (Å²) in [5.41, 5.74) is 3.41. The molecule has 0 saturated carbocycles. The SMILES string of the molecule is COc1cc(/C=C2/N=C(c3cc(C)cc(C)c3)OC2=O)ccc1OC(F)F. The Labute approximate surface area is 154 Å². The van der Waals surface area contributed by atoms with Crippen molar-refractivity contribution in [2.24, 2.45) is 4.99 Å². The molecule has 0 aromatic heterocycles. The summed E-state index contributed by atoms with van der Waals surface area (Å²) in [6, 6.07) is 10.1. The van der Waals surface area contributed by atoms with E-state index in [-0.39, 0.29) is 23.1 Å². The number of hydrogen-bond donors (Lipinski definition) is 0. The highest BCUT2D eigenvalue weighted by Gasteiger charge is 2.24. The Balaban J connectivity index is 1.92. The molecule has 2 aromatic rings. The summed E-state index contributed by atoms with van der Waals surface area (Å²) in [6.45, 7) is 0.928.